The second kappa shape index (κ2) is 3.48. The number of nitrogens with one attached hydrogen (secondary N) is 1. The van der Waals surface area contributed by atoms with Crippen LogP contribution in [-0.2, 0) is 17.6 Å². The van der Waals surface area contributed by atoms with Crippen LogP contribution in [-0.4, -0.2) is 18.2 Å². The van der Waals surface area contributed by atoms with Crippen molar-refractivity contribution in [2.45, 2.75) is 24.8 Å². The molecule has 1 aromatic rings. The van der Waals surface area contributed by atoms with Crippen molar-refractivity contribution in [1.29, 1.82) is 0 Å². The van der Waals surface area contributed by atoms with E-state index in [1.54, 1.807) is 0 Å². The van der Waals surface area contributed by atoms with Crippen LogP contribution in [0.15, 0.2) is 22.7 Å². The van der Waals surface area contributed by atoms with Gasteiger partial charge in [-0.1, -0.05) is 22.0 Å². The predicted molar refractivity (Wildman–Crippen MR) is 63.4 cm³/mol. The first-order valence-corrected chi connectivity index (χ1v) is 6.18. The first-order valence-electron chi connectivity index (χ1n) is 5.39. The molecular formula is C12H12BrNO2. The molecule has 0 unspecified atom stereocenters. The minimum atomic E-state index is -0.277. The normalized spacial score (nSPS) is 27.4. The summed E-state index contributed by atoms with van der Waals surface area (Å²) in [7, 11) is 0. The maximum Gasteiger partial charge on any atom is 0.407 e. The first kappa shape index (κ1) is 10.1. The summed E-state index contributed by atoms with van der Waals surface area (Å²) in [6.45, 7) is 0.501. The molecule has 0 bridgehead atoms. The number of hydrogen-bond donors (Lipinski definition) is 1. The van der Waals surface area contributed by atoms with E-state index >= 15 is 0 Å². The molecule has 3 nitrogen and oxygen atoms in total. The third-order valence-electron chi connectivity index (χ3n) is 3.42. The van der Waals surface area contributed by atoms with Gasteiger partial charge in [-0.05, 0) is 42.5 Å². The topological polar surface area (TPSA) is 38.3 Å². The van der Waals surface area contributed by atoms with Crippen LogP contribution in [0.5, 0.6) is 0 Å². The lowest BCUT2D eigenvalue weighted by Crippen LogP contribution is -2.48. The fourth-order valence-corrected chi connectivity index (χ4v) is 2.96. The summed E-state index contributed by atoms with van der Waals surface area (Å²) in [6.07, 6.45) is 2.56. The van der Waals surface area contributed by atoms with Gasteiger partial charge in [0.05, 0.1) is 5.54 Å². The number of carbonyl (C=O) groups is 1. The molecule has 1 heterocycles. The average molecular weight is 282 g/mol. The van der Waals surface area contributed by atoms with Crippen molar-refractivity contribution in [3.8, 4) is 0 Å². The first-order chi connectivity index (χ1) is 7.67. The molecule has 1 aliphatic heterocycles. The van der Waals surface area contributed by atoms with E-state index in [4.69, 9.17) is 4.74 Å². The van der Waals surface area contributed by atoms with Crippen molar-refractivity contribution in [1.82, 2.24) is 5.32 Å². The van der Waals surface area contributed by atoms with Crippen LogP contribution in [0, 0.1) is 0 Å². The SMILES string of the molecule is O=C1N[C@@]2(CCc3cc(Br)ccc3C2)CO1. The summed E-state index contributed by atoms with van der Waals surface area (Å²) in [5.74, 6) is 0. The van der Waals surface area contributed by atoms with Gasteiger partial charge in [-0.15, -0.1) is 0 Å². The monoisotopic (exact) mass is 281 g/mol. The number of ether oxygens (including phenoxy) is 1. The number of fused-ring (bicyclic) bond motifs is 1. The van der Waals surface area contributed by atoms with Gasteiger partial charge in [0.2, 0.25) is 0 Å². The van der Waals surface area contributed by atoms with Gasteiger partial charge in [0.25, 0.3) is 0 Å². The highest BCUT2D eigenvalue weighted by molar-refractivity contribution is 9.10. The number of carbonyl (C=O) groups excluding carboxylic acids is 1. The molecule has 1 aromatic carbocycles. The Labute approximate surface area is 102 Å². The number of amides is 1. The summed E-state index contributed by atoms with van der Waals surface area (Å²) in [5, 5.41) is 2.95. The molecule has 1 atom stereocenters. The second-order valence-electron chi connectivity index (χ2n) is 4.57. The molecule has 1 saturated heterocycles. The minimum Gasteiger partial charge on any atom is -0.447 e. The standard InChI is InChI=1S/C12H12BrNO2/c13-10-2-1-9-6-12(4-3-8(9)5-10)7-16-11(15)14-12/h1-2,5H,3-4,6-7H2,(H,14,15)/t12-/m1/s1. The summed E-state index contributed by atoms with van der Waals surface area (Å²) in [5.41, 5.74) is 2.54. The predicted octanol–water partition coefficient (Wildman–Crippen LogP) is 2.42. The number of cyclic esters (lactones) is 1. The smallest absolute Gasteiger partial charge is 0.407 e. The molecule has 1 aliphatic carbocycles. The van der Waals surface area contributed by atoms with Crippen LogP contribution >= 0.6 is 15.9 Å². The Hall–Kier alpha value is -1.03. The maximum absolute atomic E-state index is 11.1. The Kier molecular flexibility index (Phi) is 2.21. The van der Waals surface area contributed by atoms with Crippen molar-refractivity contribution in [2.24, 2.45) is 0 Å². The number of hydrogen-bond acceptors (Lipinski definition) is 2. The number of alkyl carbamates (subject to hydrolysis) is 1. The molecule has 1 amide bonds. The Morgan fingerprint density at radius 1 is 1.38 bits per heavy atom. The van der Waals surface area contributed by atoms with Gasteiger partial charge in [0.15, 0.2) is 0 Å². The lowest BCUT2D eigenvalue weighted by atomic mass is 9.79. The summed E-state index contributed by atoms with van der Waals surface area (Å²) in [4.78, 5) is 11.1. The molecule has 0 radical (unpaired) electrons. The zero-order valence-electron chi connectivity index (χ0n) is 8.75. The third-order valence-corrected chi connectivity index (χ3v) is 3.91. The van der Waals surface area contributed by atoms with Crippen molar-refractivity contribution in [3.63, 3.8) is 0 Å². The molecule has 1 spiro atoms. The van der Waals surface area contributed by atoms with Crippen LogP contribution in [0.3, 0.4) is 0 Å². The van der Waals surface area contributed by atoms with E-state index in [1.165, 1.54) is 11.1 Å². The van der Waals surface area contributed by atoms with Crippen LogP contribution in [0.25, 0.3) is 0 Å². The molecule has 84 valence electrons. The van der Waals surface area contributed by atoms with Crippen molar-refractivity contribution < 1.29 is 9.53 Å². The number of aryl methyl sites for hydroxylation is 1. The van der Waals surface area contributed by atoms with E-state index in [0.29, 0.717) is 6.61 Å². The van der Waals surface area contributed by atoms with Crippen molar-refractivity contribution >= 4 is 22.0 Å². The van der Waals surface area contributed by atoms with Crippen LogP contribution < -0.4 is 5.32 Å². The molecule has 16 heavy (non-hydrogen) atoms. The van der Waals surface area contributed by atoms with Crippen LogP contribution in [0.1, 0.15) is 17.5 Å². The molecule has 1 N–H and O–H groups in total. The lowest BCUT2D eigenvalue weighted by Gasteiger charge is -2.32. The quantitative estimate of drug-likeness (QED) is 0.793. The lowest BCUT2D eigenvalue weighted by molar-refractivity contribution is 0.170. The summed E-state index contributed by atoms with van der Waals surface area (Å²) >= 11 is 3.48. The zero-order chi connectivity index (χ0) is 11.2. The largest absolute Gasteiger partial charge is 0.447 e. The van der Waals surface area contributed by atoms with Gasteiger partial charge in [-0.2, -0.15) is 0 Å². The van der Waals surface area contributed by atoms with E-state index in [-0.39, 0.29) is 11.6 Å². The number of rotatable bonds is 0. The van der Waals surface area contributed by atoms with Gasteiger partial charge < -0.3 is 10.1 Å². The van der Waals surface area contributed by atoms with E-state index in [2.05, 4.69) is 39.4 Å². The van der Waals surface area contributed by atoms with Gasteiger partial charge >= 0.3 is 6.09 Å². The molecule has 2 aliphatic rings. The molecule has 3 rings (SSSR count). The second-order valence-corrected chi connectivity index (χ2v) is 5.49. The molecular weight excluding hydrogens is 270 g/mol. The fourth-order valence-electron chi connectivity index (χ4n) is 2.55. The summed E-state index contributed by atoms with van der Waals surface area (Å²) in [6, 6.07) is 6.35. The highest BCUT2D eigenvalue weighted by Gasteiger charge is 2.41. The highest BCUT2D eigenvalue weighted by atomic mass is 79.9. The molecule has 0 saturated carbocycles. The number of halogens is 1. The van der Waals surface area contributed by atoms with E-state index in [9.17, 15) is 4.79 Å². The van der Waals surface area contributed by atoms with Gasteiger partial charge in [-0.25, -0.2) is 4.79 Å². The van der Waals surface area contributed by atoms with E-state index in [1.807, 2.05) is 0 Å². The van der Waals surface area contributed by atoms with Crippen LogP contribution in [0.4, 0.5) is 4.79 Å². The molecule has 1 fully saturated rings. The molecule has 4 heteroatoms. The highest BCUT2D eigenvalue weighted by Crippen LogP contribution is 2.32. The fraction of sp³-hybridized carbons (Fsp3) is 0.417. The van der Waals surface area contributed by atoms with Crippen LogP contribution in [0.2, 0.25) is 0 Å². The Morgan fingerprint density at radius 2 is 2.25 bits per heavy atom. The molecule has 0 aromatic heterocycles. The van der Waals surface area contributed by atoms with Gasteiger partial charge in [-0.3, -0.25) is 0 Å². The Morgan fingerprint density at radius 3 is 3.00 bits per heavy atom. The summed E-state index contributed by atoms with van der Waals surface area (Å²) < 4.78 is 6.14. The Bertz CT molecular complexity index is 460. The van der Waals surface area contributed by atoms with Crippen molar-refractivity contribution in [3.05, 3.63) is 33.8 Å². The minimum absolute atomic E-state index is 0.155. The van der Waals surface area contributed by atoms with E-state index < -0.39 is 0 Å². The van der Waals surface area contributed by atoms with Crippen molar-refractivity contribution in [2.75, 3.05) is 6.61 Å². The maximum atomic E-state index is 11.1. The number of benzene rings is 1. The van der Waals surface area contributed by atoms with E-state index in [0.717, 1.165) is 23.7 Å². The third kappa shape index (κ3) is 1.61. The van der Waals surface area contributed by atoms with Gasteiger partial charge in [0.1, 0.15) is 6.61 Å². The Balaban J connectivity index is 1.92. The zero-order valence-corrected chi connectivity index (χ0v) is 10.3. The van der Waals surface area contributed by atoms with Gasteiger partial charge in [0, 0.05) is 4.47 Å². The average Bonchev–Trinajstić information content (AvgIpc) is 2.61.